The van der Waals surface area contributed by atoms with Crippen molar-refractivity contribution in [3.63, 3.8) is 0 Å². The zero-order chi connectivity index (χ0) is 24.2. The van der Waals surface area contributed by atoms with Gasteiger partial charge in [-0.1, -0.05) is 49.6 Å². The van der Waals surface area contributed by atoms with Crippen LogP contribution in [0.4, 0.5) is 0 Å². The third-order valence-electron chi connectivity index (χ3n) is 8.62. The highest BCUT2D eigenvalue weighted by molar-refractivity contribution is 5.66. The zero-order valence-electron chi connectivity index (χ0n) is 21.4. The van der Waals surface area contributed by atoms with Gasteiger partial charge in [-0.2, -0.15) is 0 Å². The van der Waals surface area contributed by atoms with Crippen molar-refractivity contribution >= 4 is 5.97 Å². The Labute approximate surface area is 201 Å². The molecular formula is C29H46O4. The molecule has 0 aromatic carbocycles. The summed E-state index contributed by atoms with van der Waals surface area (Å²) in [5.41, 5.74) is 3.24. The summed E-state index contributed by atoms with van der Waals surface area (Å²) in [7, 11) is 0. The second kappa shape index (κ2) is 10.9. The molecule has 5 atom stereocenters. The van der Waals surface area contributed by atoms with Gasteiger partial charge in [0.15, 0.2) is 0 Å². The number of carbonyl (C=O) groups excluding carboxylic acids is 1. The largest absolute Gasteiger partial charge is 0.465 e. The minimum Gasteiger partial charge on any atom is -0.465 e. The van der Waals surface area contributed by atoms with E-state index in [0.29, 0.717) is 30.8 Å². The monoisotopic (exact) mass is 458 g/mol. The van der Waals surface area contributed by atoms with Crippen LogP contribution in [0.15, 0.2) is 35.5 Å². The molecule has 3 rings (SSSR count). The lowest BCUT2D eigenvalue weighted by molar-refractivity contribution is -0.148. The van der Waals surface area contributed by atoms with Gasteiger partial charge in [-0.15, -0.1) is 0 Å². The van der Waals surface area contributed by atoms with Crippen molar-refractivity contribution in [1.82, 2.24) is 0 Å². The summed E-state index contributed by atoms with van der Waals surface area (Å²) in [4.78, 5) is 11.8. The van der Waals surface area contributed by atoms with E-state index in [1.807, 2.05) is 13.8 Å². The Hall–Kier alpha value is -1.39. The number of hydrogen-bond acceptors (Lipinski definition) is 4. The van der Waals surface area contributed by atoms with E-state index in [-0.39, 0.29) is 17.5 Å². The molecule has 0 saturated heterocycles. The van der Waals surface area contributed by atoms with E-state index < -0.39 is 5.60 Å². The van der Waals surface area contributed by atoms with Crippen LogP contribution in [0.5, 0.6) is 0 Å². The number of carbonyl (C=O) groups is 1. The van der Waals surface area contributed by atoms with Crippen LogP contribution in [-0.4, -0.2) is 34.5 Å². The van der Waals surface area contributed by atoms with Crippen molar-refractivity contribution in [1.29, 1.82) is 0 Å². The Kier molecular flexibility index (Phi) is 8.66. The Morgan fingerprint density at radius 1 is 1.27 bits per heavy atom. The summed E-state index contributed by atoms with van der Waals surface area (Å²) >= 11 is 0. The van der Waals surface area contributed by atoms with Crippen LogP contribution < -0.4 is 0 Å². The standard InChI is InChI=1S/C29H46O4/c1-20-10-13-25(31)18-24(20)12-11-23-9-7-17-29(19-33-22(3)30)26(14-15-27(23)29)21(2)8-6-16-28(4,5)32/h11-12,21,25-27,31-32H,1,6-10,13-19H2,2-5H3/b23-11+,24-12-/t21-,25+,26-,27+,29+/m1/s1. The Morgan fingerprint density at radius 3 is 2.73 bits per heavy atom. The maximum absolute atomic E-state index is 11.8. The van der Waals surface area contributed by atoms with E-state index >= 15 is 0 Å². The average Bonchev–Trinajstić information content (AvgIpc) is 3.12. The van der Waals surface area contributed by atoms with Gasteiger partial charge < -0.3 is 14.9 Å². The predicted octanol–water partition coefficient (Wildman–Crippen LogP) is 6.28. The molecule has 186 valence electrons. The van der Waals surface area contributed by atoms with Crippen LogP contribution in [0.2, 0.25) is 0 Å². The first-order valence-electron chi connectivity index (χ1n) is 13.1. The van der Waals surface area contributed by atoms with Crippen LogP contribution >= 0.6 is 0 Å². The normalized spacial score (nSPS) is 33.9. The summed E-state index contributed by atoms with van der Waals surface area (Å²) in [5, 5.41) is 20.2. The number of allylic oxidation sites excluding steroid dienone is 4. The Bertz CT molecular complexity index is 771. The van der Waals surface area contributed by atoms with Gasteiger partial charge in [0, 0.05) is 12.3 Å². The van der Waals surface area contributed by atoms with Gasteiger partial charge in [0.1, 0.15) is 0 Å². The minimum absolute atomic E-state index is 0.0193. The molecule has 0 unspecified atom stereocenters. The quantitative estimate of drug-likeness (QED) is 0.420. The lowest BCUT2D eigenvalue weighted by Gasteiger charge is -2.46. The number of hydrogen-bond donors (Lipinski definition) is 2. The summed E-state index contributed by atoms with van der Waals surface area (Å²) in [6.07, 6.45) is 15.3. The fourth-order valence-corrected chi connectivity index (χ4v) is 6.91. The highest BCUT2D eigenvalue weighted by atomic mass is 16.5. The number of aliphatic hydroxyl groups is 2. The molecule has 3 aliphatic rings. The van der Waals surface area contributed by atoms with Crippen LogP contribution in [0.3, 0.4) is 0 Å². The number of fused-ring (bicyclic) bond motifs is 1. The van der Waals surface area contributed by atoms with Gasteiger partial charge in [-0.3, -0.25) is 4.79 Å². The van der Waals surface area contributed by atoms with Crippen LogP contribution in [0.25, 0.3) is 0 Å². The summed E-state index contributed by atoms with van der Waals surface area (Å²) in [5.74, 6) is 1.34. The van der Waals surface area contributed by atoms with Crippen molar-refractivity contribution in [2.24, 2.45) is 23.2 Å². The average molecular weight is 459 g/mol. The third-order valence-corrected chi connectivity index (χ3v) is 8.62. The SMILES string of the molecule is C=C1CC[C@H](O)C/C1=C/C=C1\CCC[C@]2(COC(C)=O)[C@@H]([C@H](C)CCCC(C)(C)O)CC[C@@H]12. The predicted molar refractivity (Wildman–Crippen MR) is 134 cm³/mol. The molecule has 0 bridgehead atoms. The van der Waals surface area contributed by atoms with E-state index in [9.17, 15) is 15.0 Å². The molecule has 0 amide bonds. The topological polar surface area (TPSA) is 66.8 Å². The van der Waals surface area contributed by atoms with Crippen LogP contribution in [0.1, 0.15) is 98.3 Å². The second-order valence-corrected chi connectivity index (χ2v) is 11.7. The first-order valence-corrected chi connectivity index (χ1v) is 13.1. The molecule has 4 heteroatoms. The number of ether oxygens (including phenoxy) is 1. The van der Waals surface area contributed by atoms with Gasteiger partial charge in [0.25, 0.3) is 0 Å². The number of esters is 1. The molecule has 0 spiro atoms. The number of rotatable bonds is 8. The maximum atomic E-state index is 11.8. The molecule has 0 aliphatic heterocycles. The van der Waals surface area contributed by atoms with Crippen molar-refractivity contribution in [3.05, 3.63) is 35.5 Å². The van der Waals surface area contributed by atoms with Gasteiger partial charge in [-0.25, -0.2) is 0 Å². The summed E-state index contributed by atoms with van der Waals surface area (Å²) < 4.78 is 5.73. The first kappa shape index (κ1) is 26.2. The molecule has 0 aromatic rings. The molecule has 3 aliphatic carbocycles. The van der Waals surface area contributed by atoms with Gasteiger partial charge in [-0.05, 0) is 95.0 Å². The second-order valence-electron chi connectivity index (χ2n) is 11.7. The van der Waals surface area contributed by atoms with Crippen molar-refractivity contribution in [2.75, 3.05) is 6.61 Å². The van der Waals surface area contributed by atoms with Gasteiger partial charge in [0.05, 0.1) is 18.3 Å². The molecule has 2 N–H and O–H groups in total. The molecular weight excluding hydrogens is 412 g/mol. The first-order chi connectivity index (χ1) is 15.5. The molecule has 0 aromatic heterocycles. The van der Waals surface area contributed by atoms with Crippen molar-refractivity contribution in [3.8, 4) is 0 Å². The molecule has 0 radical (unpaired) electrons. The molecule has 33 heavy (non-hydrogen) atoms. The van der Waals surface area contributed by atoms with E-state index in [0.717, 1.165) is 63.4 Å². The highest BCUT2D eigenvalue weighted by Gasteiger charge is 2.54. The molecule has 3 saturated carbocycles. The van der Waals surface area contributed by atoms with Crippen LogP contribution in [-0.2, 0) is 9.53 Å². The summed E-state index contributed by atoms with van der Waals surface area (Å²) in [6, 6.07) is 0. The third kappa shape index (κ3) is 6.60. The molecule has 4 nitrogen and oxygen atoms in total. The Morgan fingerprint density at radius 2 is 2.03 bits per heavy atom. The highest BCUT2D eigenvalue weighted by Crippen LogP contribution is 2.60. The maximum Gasteiger partial charge on any atom is 0.302 e. The lowest BCUT2D eigenvalue weighted by Crippen LogP contribution is -2.43. The fourth-order valence-electron chi connectivity index (χ4n) is 6.91. The summed E-state index contributed by atoms with van der Waals surface area (Å²) in [6.45, 7) is 12.4. The van der Waals surface area contributed by atoms with E-state index in [4.69, 9.17) is 4.74 Å². The number of aliphatic hydroxyl groups excluding tert-OH is 1. The minimum atomic E-state index is -0.613. The van der Waals surface area contributed by atoms with E-state index in [1.165, 1.54) is 24.5 Å². The fraction of sp³-hybridized carbons (Fsp3) is 0.759. The van der Waals surface area contributed by atoms with Crippen molar-refractivity contribution in [2.45, 2.75) is 110 Å². The Balaban J connectivity index is 1.81. The lowest BCUT2D eigenvalue weighted by atomic mass is 9.60. The van der Waals surface area contributed by atoms with E-state index in [2.05, 4.69) is 25.7 Å². The smallest absolute Gasteiger partial charge is 0.302 e. The van der Waals surface area contributed by atoms with Gasteiger partial charge in [0.2, 0.25) is 0 Å². The zero-order valence-corrected chi connectivity index (χ0v) is 21.4. The van der Waals surface area contributed by atoms with E-state index in [1.54, 1.807) is 0 Å². The molecule has 3 fully saturated rings. The van der Waals surface area contributed by atoms with Crippen molar-refractivity contribution < 1.29 is 19.7 Å². The van der Waals surface area contributed by atoms with Gasteiger partial charge >= 0.3 is 5.97 Å². The van der Waals surface area contributed by atoms with Crippen LogP contribution in [0, 0.1) is 23.2 Å². The molecule has 0 heterocycles.